The number of carbonyl (C=O) groups is 2. The highest BCUT2D eigenvalue weighted by atomic mass is 16.8. The highest BCUT2D eigenvalue weighted by Gasteiger charge is 2.59. The van der Waals surface area contributed by atoms with E-state index in [4.69, 9.17) is 23.7 Å². The van der Waals surface area contributed by atoms with Gasteiger partial charge >= 0.3 is 5.97 Å². The number of aliphatic hydroxyl groups is 7. The van der Waals surface area contributed by atoms with Gasteiger partial charge in [-0.2, -0.15) is 0 Å². The van der Waals surface area contributed by atoms with Crippen molar-refractivity contribution in [1.29, 1.82) is 0 Å². The zero-order chi connectivity index (χ0) is 29.8. The molecule has 0 saturated carbocycles. The van der Waals surface area contributed by atoms with E-state index in [1.807, 2.05) is 0 Å². The van der Waals surface area contributed by atoms with Crippen LogP contribution in [-0.4, -0.2) is 140 Å². The van der Waals surface area contributed by atoms with Crippen molar-refractivity contribution >= 4 is 11.9 Å². The van der Waals surface area contributed by atoms with Crippen LogP contribution in [0.1, 0.15) is 13.3 Å². The van der Waals surface area contributed by atoms with Crippen LogP contribution in [0.15, 0.2) is 24.3 Å². The molecule has 16 nitrogen and oxygen atoms in total. The summed E-state index contributed by atoms with van der Waals surface area (Å²) in [5, 5.41) is 84.6. The lowest BCUT2D eigenvalue weighted by Crippen LogP contribution is -2.70. The molecule has 226 valence electrons. The molecule has 0 radical (unpaired) electrons. The third-order valence-corrected chi connectivity index (χ3v) is 6.65. The maximum Gasteiger partial charge on any atom is 0.364 e. The molecule has 0 spiro atoms. The van der Waals surface area contributed by atoms with Crippen molar-refractivity contribution in [3.8, 4) is 11.5 Å². The van der Waals surface area contributed by atoms with Gasteiger partial charge in [-0.25, -0.2) is 4.79 Å². The van der Waals surface area contributed by atoms with E-state index in [9.17, 15) is 50.4 Å². The lowest BCUT2D eigenvalue weighted by atomic mass is 9.88. The van der Waals surface area contributed by atoms with Gasteiger partial charge in [0.15, 0.2) is 0 Å². The van der Waals surface area contributed by atoms with E-state index in [0.29, 0.717) is 5.75 Å². The lowest BCUT2D eigenvalue weighted by Gasteiger charge is -2.49. The summed E-state index contributed by atoms with van der Waals surface area (Å²) in [6.45, 7) is -0.694. The molecule has 3 rings (SSSR count). The summed E-state index contributed by atoms with van der Waals surface area (Å²) in [6, 6.07) is 4.59. The van der Waals surface area contributed by atoms with Gasteiger partial charge in [-0.05, 0) is 24.3 Å². The predicted octanol–water partition coefficient (Wildman–Crippen LogP) is -3.95. The normalized spacial score (nSPS) is 35.8. The van der Waals surface area contributed by atoms with Crippen LogP contribution in [0, 0.1) is 0 Å². The summed E-state index contributed by atoms with van der Waals surface area (Å²) in [5.41, 5.74) is 0. The molecule has 2 saturated heterocycles. The number of hydrogen-bond donors (Lipinski definition) is 9. The fourth-order valence-corrected chi connectivity index (χ4v) is 4.55. The van der Waals surface area contributed by atoms with Crippen LogP contribution in [-0.2, 0) is 23.8 Å². The molecule has 0 aromatic heterocycles. The quantitative estimate of drug-likeness (QED) is 0.122. The monoisotopic (exact) mass is 577 g/mol. The molecule has 1 aromatic carbocycles. The first-order valence-electron chi connectivity index (χ1n) is 12.3. The first-order chi connectivity index (χ1) is 18.9. The minimum absolute atomic E-state index is 0.174. The standard InChI is InChI=1S/C24H35NO15/c1-10(28)25-16-13(29)7-24(23(34)35,39-20(16)17(31)14(30)8-26)40-21-18(32)15(9-27)38-22(19(21)33)37-12-5-3-11(36-2)4-6-12/h3-6,13-22,26-27,29-33H,7-9H2,1-2H3,(H,25,28)(H,34,35)/t13-,14-,15+,16-,17-,18+,19+,20-,21+,22-,24+/m0/s1. The number of benzene rings is 1. The zero-order valence-corrected chi connectivity index (χ0v) is 21.6. The third-order valence-electron chi connectivity index (χ3n) is 6.65. The minimum atomic E-state index is -2.87. The summed E-state index contributed by atoms with van der Waals surface area (Å²) in [4.78, 5) is 24.2. The van der Waals surface area contributed by atoms with E-state index in [-0.39, 0.29) is 5.75 Å². The fourth-order valence-electron chi connectivity index (χ4n) is 4.55. The number of hydrogen-bond acceptors (Lipinski definition) is 14. The van der Waals surface area contributed by atoms with Gasteiger partial charge in [0, 0.05) is 13.3 Å². The minimum Gasteiger partial charge on any atom is -0.497 e. The molecule has 2 heterocycles. The number of carbonyl (C=O) groups excluding carboxylic acids is 1. The number of ether oxygens (including phenoxy) is 5. The molecule has 40 heavy (non-hydrogen) atoms. The molecule has 0 unspecified atom stereocenters. The molecule has 0 aliphatic carbocycles. The Hall–Kier alpha value is -2.64. The first-order valence-corrected chi connectivity index (χ1v) is 12.3. The molecular weight excluding hydrogens is 542 g/mol. The SMILES string of the molecule is COc1ccc(O[C@H]2O[C@H](CO)[C@@H](O)[C@@H](O[C@@]3(C(=O)O)C[C@H](O)[C@H](NC(C)=O)[C@@H]([C@@H](O)[C@@H](O)CO)O3)[C@H]2O)cc1. The van der Waals surface area contributed by atoms with E-state index < -0.39 is 98.5 Å². The fraction of sp³-hybridized carbons (Fsp3) is 0.667. The number of rotatable bonds is 11. The van der Waals surface area contributed by atoms with Gasteiger partial charge < -0.3 is 69.9 Å². The van der Waals surface area contributed by atoms with E-state index in [2.05, 4.69) is 5.32 Å². The second-order valence-electron chi connectivity index (χ2n) is 9.46. The summed E-state index contributed by atoms with van der Waals surface area (Å²) in [7, 11) is 1.45. The van der Waals surface area contributed by atoms with Crippen molar-refractivity contribution in [3.05, 3.63) is 24.3 Å². The Morgan fingerprint density at radius 3 is 2.25 bits per heavy atom. The Labute approximate surface area is 228 Å². The van der Waals surface area contributed by atoms with Crippen LogP contribution in [0.5, 0.6) is 11.5 Å². The Bertz CT molecular complexity index is 995. The summed E-state index contributed by atoms with van der Waals surface area (Å²) in [6.07, 6.45) is -17.0. The number of aliphatic carboxylic acids is 1. The summed E-state index contributed by atoms with van der Waals surface area (Å²) < 4.78 is 27.3. The highest BCUT2D eigenvalue weighted by molar-refractivity contribution is 5.76. The van der Waals surface area contributed by atoms with Crippen molar-refractivity contribution in [2.45, 2.75) is 80.3 Å². The molecule has 2 fully saturated rings. The van der Waals surface area contributed by atoms with Gasteiger partial charge in [0.25, 0.3) is 5.79 Å². The Morgan fingerprint density at radius 1 is 1.10 bits per heavy atom. The summed E-state index contributed by atoms with van der Waals surface area (Å²) in [5.74, 6) is -4.74. The van der Waals surface area contributed by atoms with Gasteiger partial charge in [0.1, 0.15) is 54.2 Å². The van der Waals surface area contributed by atoms with Crippen molar-refractivity contribution in [1.82, 2.24) is 5.32 Å². The Kier molecular flexibility index (Phi) is 10.6. The van der Waals surface area contributed by atoms with Gasteiger partial charge in [-0.3, -0.25) is 4.79 Å². The zero-order valence-electron chi connectivity index (χ0n) is 21.6. The molecule has 9 N–H and O–H groups in total. The molecule has 2 aliphatic heterocycles. The van der Waals surface area contributed by atoms with Crippen LogP contribution >= 0.6 is 0 Å². The van der Waals surface area contributed by atoms with Crippen molar-refractivity contribution < 1.29 is 74.1 Å². The number of carboxylic acid groups (broad SMARTS) is 1. The Balaban J connectivity index is 1.93. The first kappa shape index (κ1) is 31.9. The summed E-state index contributed by atoms with van der Waals surface area (Å²) >= 11 is 0. The van der Waals surface area contributed by atoms with Gasteiger partial charge in [-0.1, -0.05) is 0 Å². The molecule has 0 bridgehead atoms. The predicted molar refractivity (Wildman–Crippen MR) is 129 cm³/mol. The number of carboxylic acids is 1. The maximum atomic E-state index is 12.5. The molecule has 16 heteroatoms. The second kappa shape index (κ2) is 13.3. The van der Waals surface area contributed by atoms with Crippen LogP contribution in [0.4, 0.5) is 0 Å². The van der Waals surface area contributed by atoms with Gasteiger partial charge in [-0.15, -0.1) is 0 Å². The van der Waals surface area contributed by atoms with E-state index in [0.717, 1.165) is 6.92 Å². The number of methoxy groups -OCH3 is 1. The number of amides is 1. The van der Waals surface area contributed by atoms with Crippen LogP contribution in [0.3, 0.4) is 0 Å². The Morgan fingerprint density at radius 2 is 1.73 bits per heavy atom. The number of aliphatic hydroxyl groups excluding tert-OH is 7. The van der Waals surface area contributed by atoms with E-state index in [1.165, 1.54) is 19.2 Å². The smallest absolute Gasteiger partial charge is 0.364 e. The van der Waals surface area contributed by atoms with Crippen molar-refractivity contribution in [2.75, 3.05) is 20.3 Å². The van der Waals surface area contributed by atoms with E-state index >= 15 is 0 Å². The lowest BCUT2D eigenvalue weighted by molar-refractivity contribution is -0.363. The molecule has 2 aliphatic rings. The molecule has 1 amide bonds. The third kappa shape index (κ3) is 6.80. The molecule has 1 aromatic rings. The van der Waals surface area contributed by atoms with Crippen LogP contribution in [0.2, 0.25) is 0 Å². The average Bonchev–Trinajstić information content (AvgIpc) is 2.93. The van der Waals surface area contributed by atoms with Crippen LogP contribution < -0.4 is 14.8 Å². The van der Waals surface area contributed by atoms with Crippen molar-refractivity contribution in [2.24, 2.45) is 0 Å². The van der Waals surface area contributed by atoms with Gasteiger partial charge in [0.2, 0.25) is 12.2 Å². The molecular formula is C24H35NO15. The number of nitrogens with one attached hydrogen (secondary N) is 1. The average molecular weight is 578 g/mol. The van der Waals surface area contributed by atoms with Crippen molar-refractivity contribution in [3.63, 3.8) is 0 Å². The van der Waals surface area contributed by atoms with Gasteiger partial charge in [0.05, 0.1) is 32.5 Å². The maximum absolute atomic E-state index is 12.5. The van der Waals surface area contributed by atoms with Crippen LogP contribution in [0.25, 0.3) is 0 Å². The largest absolute Gasteiger partial charge is 0.497 e. The van der Waals surface area contributed by atoms with E-state index in [1.54, 1.807) is 12.1 Å². The topological polar surface area (TPSA) is 254 Å². The highest BCUT2D eigenvalue weighted by Crippen LogP contribution is 2.37. The second-order valence-corrected chi connectivity index (χ2v) is 9.46. The molecule has 11 atom stereocenters.